The number of halogens is 1. The fourth-order valence-electron chi connectivity index (χ4n) is 3.82. The Morgan fingerprint density at radius 1 is 1.30 bits per heavy atom. The molecule has 3 heterocycles. The van der Waals surface area contributed by atoms with Gasteiger partial charge in [-0.1, -0.05) is 29.8 Å². The van der Waals surface area contributed by atoms with Gasteiger partial charge >= 0.3 is 29.6 Å². The number of carbonyl (C=O) groups is 3. The van der Waals surface area contributed by atoms with Gasteiger partial charge in [-0.25, -0.2) is 0 Å². The number of carboxylic acid groups (broad SMARTS) is 1. The van der Waals surface area contributed by atoms with Gasteiger partial charge in [-0.2, -0.15) is 4.37 Å². The minimum Gasteiger partial charge on any atom is -0.548 e. The van der Waals surface area contributed by atoms with Gasteiger partial charge in [0.15, 0.2) is 0 Å². The van der Waals surface area contributed by atoms with E-state index in [1.54, 1.807) is 39.0 Å². The van der Waals surface area contributed by atoms with Crippen molar-refractivity contribution < 1.29 is 49.0 Å². The molecule has 2 saturated heterocycles. The second kappa shape index (κ2) is 8.44. The van der Waals surface area contributed by atoms with Crippen LogP contribution in [0.3, 0.4) is 0 Å². The smallest absolute Gasteiger partial charge is 0.548 e. The van der Waals surface area contributed by atoms with Gasteiger partial charge in [-0.05, 0) is 38.4 Å². The van der Waals surface area contributed by atoms with Crippen molar-refractivity contribution in [2.75, 3.05) is 0 Å². The van der Waals surface area contributed by atoms with E-state index in [-0.39, 0.29) is 29.6 Å². The van der Waals surface area contributed by atoms with E-state index in [0.29, 0.717) is 26.7 Å². The fraction of sp³-hybridized carbons (Fsp3) is 0.368. The molecule has 0 spiro atoms. The van der Waals surface area contributed by atoms with Crippen molar-refractivity contribution in [2.24, 2.45) is 0 Å². The fourth-order valence-corrected chi connectivity index (χ4v) is 6.36. The molecule has 1 aromatic heterocycles. The van der Waals surface area contributed by atoms with E-state index < -0.39 is 40.0 Å². The third kappa shape index (κ3) is 3.69. The van der Waals surface area contributed by atoms with Crippen molar-refractivity contribution in [3.05, 3.63) is 39.7 Å². The standard InChI is InChI=1S/C19H18ClN3O4S2.Na/c1-8-11(12(22-29-8)9-6-4-5-7-10(9)20)15(24)21-13-16(25)23-14(18(26)27)19(2,3)28-17(13)23;/h4-7,13-14,17H,1-3H3,(H,21,24)(H,26,27);/q;+1/p-1. The molecule has 4 rings (SSSR count). The van der Waals surface area contributed by atoms with Gasteiger partial charge in [-0.15, -0.1) is 11.8 Å². The number of nitrogens with one attached hydrogen (secondary N) is 1. The average Bonchev–Trinajstić information content (AvgIpc) is 3.15. The zero-order chi connectivity index (χ0) is 21.1. The molecule has 3 unspecified atom stereocenters. The van der Waals surface area contributed by atoms with Gasteiger partial charge < -0.3 is 20.1 Å². The summed E-state index contributed by atoms with van der Waals surface area (Å²) < 4.78 is 3.67. The molecule has 2 amide bonds. The van der Waals surface area contributed by atoms with Crippen LogP contribution in [0.2, 0.25) is 5.02 Å². The minimum atomic E-state index is -1.29. The summed E-state index contributed by atoms with van der Waals surface area (Å²) in [5.41, 5.74) is 1.47. The number of amides is 2. The molecule has 0 bridgehead atoms. The molecule has 0 saturated carbocycles. The summed E-state index contributed by atoms with van der Waals surface area (Å²) in [6, 6.07) is 5.28. The molecule has 0 radical (unpaired) electrons. The van der Waals surface area contributed by atoms with Crippen molar-refractivity contribution in [1.82, 2.24) is 14.6 Å². The maximum absolute atomic E-state index is 13.0. The predicted octanol–water partition coefficient (Wildman–Crippen LogP) is -1.31. The molecule has 7 nitrogen and oxygen atoms in total. The average molecular weight is 474 g/mol. The van der Waals surface area contributed by atoms with Crippen molar-refractivity contribution in [3.63, 3.8) is 0 Å². The number of benzene rings is 1. The van der Waals surface area contributed by atoms with Crippen molar-refractivity contribution in [2.45, 2.75) is 43.0 Å². The first-order valence-electron chi connectivity index (χ1n) is 8.86. The van der Waals surface area contributed by atoms with Crippen molar-refractivity contribution >= 4 is 52.7 Å². The Morgan fingerprint density at radius 3 is 2.60 bits per heavy atom. The van der Waals surface area contributed by atoms with E-state index in [9.17, 15) is 19.5 Å². The maximum atomic E-state index is 13.0. The molecule has 152 valence electrons. The van der Waals surface area contributed by atoms with E-state index in [4.69, 9.17) is 11.6 Å². The van der Waals surface area contributed by atoms with E-state index in [1.165, 1.54) is 28.2 Å². The second-order valence-corrected chi connectivity index (χ2v) is 10.6. The number of aromatic nitrogens is 1. The summed E-state index contributed by atoms with van der Waals surface area (Å²) in [5, 5.41) is 14.3. The molecule has 2 aliphatic rings. The summed E-state index contributed by atoms with van der Waals surface area (Å²) in [6.45, 7) is 5.29. The molecular formula is C19H17ClN3NaO4S2. The Hall–Kier alpha value is -1.10. The molecule has 3 atom stereocenters. The number of carbonyl (C=O) groups excluding carboxylic acids is 3. The number of aryl methyl sites for hydroxylation is 1. The third-order valence-corrected chi connectivity index (χ3v) is 7.82. The van der Waals surface area contributed by atoms with Crippen LogP contribution in [0.4, 0.5) is 0 Å². The molecular weight excluding hydrogens is 457 g/mol. The summed E-state index contributed by atoms with van der Waals surface area (Å²) >= 11 is 8.80. The Balaban J connectivity index is 0.00000256. The number of rotatable bonds is 4. The van der Waals surface area contributed by atoms with Gasteiger partial charge in [0, 0.05) is 15.2 Å². The van der Waals surface area contributed by atoms with E-state index in [2.05, 4.69) is 9.69 Å². The monoisotopic (exact) mass is 473 g/mol. The van der Waals surface area contributed by atoms with Gasteiger partial charge in [0.2, 0.25) is 5.91 Å². The van der Waals surface area contributed by atoms with Crippen LogP contribution < -0.4 is 40.0 Å². The molecule has 0 aliphatic carbocycles. The van der Waals surface area contributed by atoms with Crippen LogP contribution >= 0.6 is 34.9 Å². The SMILES string of the molecule is Cc1snc(-c2ccccc2Cl)c1C(=O)NC1C(=O)N2C1SC(C)(C)C2C(=O)[O-].[Na+]. The Morgan fingerprint density at radius 2 is 1.97 bits per heavy atom. The minimum absolute atomic E-state index is 0. The number of thioether (sulfide) groups is 1. The zero-order valence-electron chi connectivity index (χ0n) is 16.8. The summed E-state index contributed by atoms with van der Waals surface area (Å²) in [6.07, 6.45) is 0. The van der Waals surface area contributed by atoms with Crippen LogP contribution in [0.15, 0.2) is 24.3 Å². The molecule has 2 fully saturated rings. The second-order valence-electron chi connectivity index (χ2n) is 7.47. The quantitative estimate of drug-likeness (QED) is 0.437. The van der Waals surface area contributed by atoms with E-state index in [1.807, 2.05) is 6.07 Å². The summed E-state index contributed by atoms with van der Waals surface area (Å²) in [5.74, 6) is -2.14. The van der Waals surface area contributed by atoms with Crippen molar-refractivity contribution in [3.8, 4) is 11.3 Å². The van der Waals surface area contributed by atoms with Crippen LogP contribution in [-0.2, 0) is 9.59 Å². The Kier molecular flexibility index (Phi) is 6.63. The number of β-lactam (4-membered cyclic amide) rings is 1. The Labute approximate surface area is 209 Å². The number of nitrogens with zero attached hydrogens (tertiary/aromatic N) is 2. The summed E-state index contributed by atoms with van der Waals surface area (Å²) in [4.78, 5) is 39.2. The van der Waals surface area contributed by atoms with Gasteiger partial charge in [0.25, 0.3) is 5.91 Å². The molecule has 1 N–H and O–H groups in total. The van der Waals surface area contributed by atoms with Crippen LogP contribution in [0, 0.1) is 6.92 Å². The first-order chi connectivity index (χ1) is 13.6. The first-order valence-corrected chi connectivity index (χ1v) is 10.9. The van der Waals surface area contributed by atoms with Crippen LogP contribution in [0.25, 0.3) is 11.3 Å². The molecule has 2 aromatic rings. The molecule has 2 aliphatic heterocycles. The summed E-state index contributed by atoms with van der Waals surface area (Å²) in [7, 11) is 0. The van der Waals surface area contributed by atoms with Gasteiger partial charge in [-0.3, -0.25) is 9.59 Å². The van der Waals surface area contributed by atoms with Crippen LogP contribution in [-0.4, -0.2) is 49.3 Å². The molecule has 30 heavy (non-hydrogen) atoms. The number of carboxylic acids is 1. The van der Waals surface area contributed by atoms with Crippen LogP contribution in [0.5, 0.6) is 0 Å². The molecule has 11 heteroatoms. The first kappa shape index (κ1) is 23.6. The van der Waals surface area contributed by atoms with E-state index in [0.717, 1.165) is 0 Å². The number of hydrogen-bond acceptors (Lipinski definition) is 7. The number of fused-ring (bicyclic) bond motifs is 1. The number of aliphatic carboxylic acids is 1. The topological polar surface area (TPSA) is 102 Å². The normalized spacial score (nSPS) is 23.9. The molecule has 1 aromatic carbocycles. The zero-order valence-corrected chi connectivity index (χ0v) is 21.2. The van der Waals surface area contributed by atoms with Crippen molar-refractivity contribution in [1.29, 1.82) is 0 Å². The Bertz CT molecular complexity index is 1040. The van der Waals surface area contributed by atoms with E-state index >= 15 is 0 Å². The third-order valence-electron chi connectivity index (χ3n) is 5.17. The van der Waals surface area contributed by atoms with Gasteiger partial charge in [0.05, 0.1) is 28.3 Å². The largest absolute Gasteiger partial charge is 1.00 e. The van der Waals surface area contributed by atoms with Gasteiger partial charge in [0.1, 0.15) is 11.4 Å². The predicted molar refractivity (Wildman–Crippen MR) is 110 cm³/mol. The van der Waals surface area contributed by atoms with Crippen LogP contribution in [0.1, 0.15) is 29.1 Å². The maximum Gasteiger partial charge on any atom is 1.00 e. The number of hydrogen-bond donors (Lipinski definition) is 1.